The first kappa shape index (κ1) is 13.2. The summed E-state index contributed by atoms with van der Waals surface area (Å²) in [5.74, 6) is 0.591. The highest BCUT2D eigenvalue weighted by Gasteiger charge is 2.28. The molecule has 0 aromatic carbocycles. The van der Waals surface area contributed by atoms with Crippen molar-refractivity contribution in [2.75, 3.05) is 11.6 Å². The van der Waals surface area contributed by atoms with E-state index in [0.717, 1.165) is 17.8 Å². The average Bonchev–Trinajstić information content (AvgIpc) is 2.98. The molecule has 1 aromatic heterocycles. The van der Waals surface area contributed by atoms with Gasteiger partial charge >= 0.3 is 6.03 Å². The molecule has 2 amide bonds. The molecule has 2 unspecified atom stereocenters. The van der Waals surface area contributed by atoms with Gasteiger partial charge in [0.25, 0.3) is 0 Å². The van der Waals surface area contributed by atoms with Crippen molar-refractivity contribution < 1.29 is 4.79 Å². The molecule has 2 aliphatic carbocycles. The van der Waals surface area contributed by atoms with Crippen LogP contribution in [-0.4, -0.2) is 33.8 Å². The smallest absolute Gasteiger partial charge is 0.321 e. The normalized spacial score (nSPS) is 26.4. The summed E-state index contributed by atoms with van der Waals surface area (Å²) in [6, 6.07) is 0.151. The Hall–Kier alpha value is -0.820. The van der Waals surface area contributed by atoms with Crippen molar-refractivity contribution in [3.63, 3.8) is 0 Å². The summed E-state index contributed by atoms with van der Waals surface area (Å²) in [5.41, 5.74) is 0. The van der Waals surface area contributed by atoms with Crippen LogP contribution < -0.4 is 10.6 Å². The first-order chi connectivity index (χ1) is 9.24. The van der Waals surface area contributed by atoms with Crippen molar-refractivity contribution in [1.29, 1.82) is 0 Å². The summed E-state index contributed by atoms with van der Waals surface area (Å²) in [5, 5.41) is 16.3. The first-order valence-electron chi connectivity index (χ1n) is 6.68. The van der Waals surface area contributed by atoms with Gasteiger partial charge in [0.2, 0.25) is 5.13 Å². The molecule has 0 aliphatic heterocycles. The predicted molar refractivity (Wildman–Crippen MR) is 79.0 cm³/mol. The Kier molecular flexibility index (Phi) is 3.93. The molecule has 104 valence electrons. The number of urea groups is 1. The van der Waals surface area contributed by atoms with Crippen LogP contribution in [0.4, 0.5) is 9.93 Å². The van der Waals surface area contributed by atoms with E-state index in [1.807, 2.05) is 11.8 Å². The standard InChI is InChI=1S/C12H18N4OS2/c1-18-9-5-4-8(6-9)13-11(17)14-12-16-15-10(19-12)7-2-3-7/h7-9H,2-6H2,1H3,(H2,13,14,16,17). The Morgan fingerprint density at radius 3 is 2.84 bits per heavy atom. The molecule has 2 atom stereocenters. The van der Waals surface area contributed by atoms with Crippen LogP contribution in [0.15, 0.2) is 0 Å². The summed E-state index contributed by atoms with van der Waals surface area (Å²) in [7, 11) is 0. The Bertz CT molecular complexity index is 460. The van der Waals surface area contributed by atoms with Gasteiger partial charge in [-0.25, -0.2) is 4.79 Å². The number of hydrogen-bond donors (Lipinski definition) is 2. The van der Waals surface area contributed by atoms with Crippen LogP contribution in [0.5, 0.6) is 0 Å². The molecule has 2 aliphatic rings. The third-order valence-electron chi connectivity index (χ3n) is 3.64. The van der Waals surface area contributed by atoms with Crippen molar-refractivity contribution in [1.82, 2.24) is 15.5 Å². The second kappa shape index (κ2) is 5.66. The summed E-state index contributed by atoms with van der Waals surface area (Å²) in [4.78, 5) is 11.9. The molecule has 2 N–H and O–H groups in total. The predicted octanol–water partition coefficient (Wildman–Crippen LogP) is 2.82. The number of hydrogen-bond acceptors (Lipinski definition) is 5. The van der Waals surface area contributed by atoms with Crippen LogP contribution in [0.3, 0.4) is 0 Å². The molecule has 3 rings (SSSR count). The lowest BCUT2D eigenvalue weighted by Gasteiger charge is -2.12. The monoisotopic (exact) mass is 298 g/mol. The zero-order valence-corrected chi connectivity index (χ0v) is 12.5. The molecule has 0 bridgehead atoms. The van der Waals surface area contributed by atoms with Gasteiger partial charge in [0.05, 0.1) is 0 Å². The largest absolute Gasteiger partial charge is 0.335 e. The van der Waals surface area contributed by atoms with Crippen LogP contribution in [0.25, 0.3) is 0 Å². The van der Waals surface area contributed by atoms with Crippen LogP contribution in [0.1, 0.15) is 43.0 Å². The topological polar surface area (TPSA) is 66.9 Å². The highest BCUT2D eigenvalue weighted by atomic mass is 32.2. The SMILES string of the molecule is CSC1CCC(NC(=O)Nc2nnc(C3CC3)s2)C1. The van der Waals surface area contributed by atoms with Gasteiger partial charge in [0.15, 0.2) is 0 Å². The van der Waals surface area contributed by atoms with Crippen molar-refractivity contribution in [3.05, 3.63) is 5.01 Å². The van der Waals surface area contributed by atoms with Crippen molar-refractivity contribution in [3.8, 4) is 0 Å². The first-order valence-corrected chi connectivity index (χ1v) is 8.78. The molecule has 1 aromatic rings. The van der Waals surface area contributed by atoms with E-state index in [9.17, 15) is 4.79 Å². The molecule has 5 nitrogen and oxygen atoms in total. The fraction of sp³-hybridized carbons (Fsp3) is 0.750. The lowest BCUT2D eigenvalue weighted by atomic mass is 10.2. The second-order valence-electron chi connectivity index (χ2n) is 5.19. The molecule has 2 fully saturated rings. The van der Waals surface area contributed by atoms with Crippen LogP contribution in [-0.2, 0) is 0 Å². The van der Waals surface area contributed by atoms with E-state index in [1.165, 1.54) is 30.6 Å². The van der Waals surface area contributed by atoms with Gasteiger partial charge in [-0.2, -0.15) is 11.8 Å². The van der Waals surface area contributed by atoms with E-state index < -0.39 is 0 Å². The summed E-state index contributed by atoms with van der Waals surface area (Å²) < 4.78 is 0. The number of rotatable bonds is 4. The molecule has 0 saturated heterocycles. The molecule has 7 heteroatoms. The minimum Gasteiger partial charge on any atom is -0.335 e. The number of aromatic nitrogens is 2. The Balaban J connectivity index is 1.47. The molecular formula is C12H18N4OS2. The van der Waals surface area contributed by atoms with Gasteiger partial charge in [-0.15, -0.1) is 10.2 Å². The lowest BCUT2D eigenvalue weighted by Crippen LogP contribution is -2.36. The molecule has 0 radical (unpaired) electrons. The van der Waals surface area contributed by atoms with Gasteiger partial charge in [-0.3, -0.25) is 5.32 Å². The lowest BCUT2D eigenvalue weighted by molar-refractivity contribution is 0.248. The maximum atomic E-state index is 11.9. The third-order valence-corrected chi connectivity index (χ3v) is 5.74. The maximum Gasteiger partial charge on any atom is 0.321 e. The average molecular weight is 298 g/mol. The number of amides is 2. The number of carbonyl (C=O) groups is 1. The van der Waals surface area contributed by atoms with Crippen molar-refractivity contribution in [2.24, 2.45) is 0 Å². The minimum atomic E-state index is -0.148. The second-order valence-corrected chi connectivity index (χ2v) is 7.33. The molecule has 1 heterocycles. The molecular weight excluding hydrogens is 280 g/mol. The Labute approximate surface area is 121 Å². The van der Waals surface area contributed by atoms with E-state index in [1.54, 1.807) is 0 Å². The highest BCUT2D eigenvalue weighted by molar-refractivity contribution is 7.99. The van der Waals surface area contributed by atoms with Gasteiger partial charge in [0.1, 0.15) is 5.01 Å². The van der Waals surface area contributed by atoms with Crippen molar-refractivity contribution in [2.45, 2.75) is 49.3 Å². The van der Waals surface area contributed by atoms with Gasteiger partial charge in [-0.05, 0) is 38.4 Å². The van der Waals surface area contributed by atoms with Crippen molar-refractivity contribution >= 4 is 34.3 Å². The van der Waals surface area contributed by atoms with Crippen LogP contribution in [0, 0.1) is 0 Å². The molecule has 2 saturated carbocycles. The zero-order valence-electron chi connectivity index (χ0n) is 10.9. The summed E-state index contributed by atoms with van der Waals surface area (Å²) in [6.45, 7) is 0. The summed E-state index contributed by atoms with van der Waals surface area (Å²) in [6.07, 6.45) is 7.88. The van der Waals surface area contributed by atoms with E-state index in [4.69, 9.17) is 0 Å². The van der Waals surface area contributed by atoms with E-state index >= 15 is 0 Å². The number of carbonyl (C=O) groups excluding carboxylic acids is 1. The molecule has 0 spiro atoms. The molecule has 19 heavy (non-hydrogen) atoms. The van der Waals surface area contributed by atoms with E-state index in [-0.39, 0.29) is 6.03 Å². The quantitative estimate of drug-likeness (QED) is 0.897. The zero-order chi connectivity index (χ0) is 13.2. The van der Waals surface area contributed by atoms with E-state index in [2.05, 4.69) is 27.1 Å². The van der Waals surface area contributed by atoms with E-state index in [0.29, 0.717) is 22.3 Å². The van der Waals surface area contributed by atoms with Gasteiger partial charge < -0.3 is 5.32 Å². The summed E-state index contributed by atoms with van der Waals surface area (Å²) >= 11 is 3.39. The highest BCUT2D eigenvalue weighted by Crippen LogP contribution is 2.42. The van der Waals surface area contributed by atoms with Gasteiger partial charge in [-0.1, -0.05) is 11.3 Å². The minimum absolute atomic E-state index is 0.148. The van der Waals surface area contributed by atoms with Gasteiger partial charge in [0, 0.05) is 17.2 Å². The third kappa shape index (κ3) is 3.39. The number of nitrogens with one attached hydrogen (secondary N) is 2. The van der Waals surface area contributed by atoms with Crippen LogP contribution in [0.2, 0.25) is 0 Å². The number of thioether (sulfide) groups is 1. The van der Waals surface area contributed by atoms with Crippen LogP contribution >= 0.6 is 23.1 Å². The Morgan fingerprint density at radius 2 is 2.16 bits per heavy atom. The fourth-order valence-corrected chi connectivity index (χ4v) is 4.09. The maximum absolute atomic E-state index is 11.9. The fourth-order valence-electron chi connectivity index (χ4n) is 2.38. The number of anilines is 1. The Morgan fingerprint density at radius 1 is 1.32 bits per heavy atom. The number of nitrogens with zero attached hydrogens (tertiary/aromatic N) is 2.